The monoisotopic (exact) mass is 417 g/mol. The summed E-state index contributed by atoms with van der Waals surface area (Å²) < 4.78 is 11.8. The highest BCUT2D eigenvalue weighted by Gasteiger charge is 2.46. The van der Waals surface area contributed by atoms with Crippen molar-refractivity contribution in [1.82, 2.24) is 10.3 Å². The molecule has 148 valence electrons. The molecule has 2 heterocycles. The second-order valence-corrected chi connectivity index (χ2v) is 9.66. The van der Waals surface area contributed by atoms with Crippen LogP contribution >= 0.6 is 11.6 Å². The van der Waals surface area contributed by atoms with Gasteiger partial charge in [0, 0.05) is 29.2 Å². The average molecular weight is 418 g/mol. The Balaban J connectivity index is 1.48. The van der Waals surface area contributed by atoms with Crippen LogP contribution < -0.4 is 10.2 Å². The molecule has 1 N–H and O–H groups in total. The number of hydrogen-bond donors (Lipinski definition) is 1. The first-order chi connectivity index (χ1) is 13.5. The predicted octanol–water partition coefficient (Wildman–Crippen LogP) is 4.40. The number of anilines is 1. The highest BCUT2D eigenvalue weighted by molar-refractivity contribution is 7.85. The van der Waals surface area contributed by atoms with Crippen molar-refractivity contribution in [1.29, 1.82) is 0 Å². The quantitative estimate of drug-likeness (QED) is 0.749. The molecule has 5 nitrogen and oxygen atoms in total. The molecule has 7 heteroatoms. The van der Waals surface area contributed by atoms with E-state index in [1.165, 1.54) is 12.8 Å². The number of urea groups is 1. The molecule has 28 heavy (non-hydrogen) atoms. The minimum absolute atomic E-state index is 0.0190. The number of aromatic nitrogens is 1. The Bertz CT molecular complexity index is 910. The minimum Gasteiger partial charge on any atom is -0.334 e. The van der Waals surface area contributed by atoms with Crippen LogP contribution in [-0.4, -0.2) is 27.5 Å². The number of pyridine rings is 1. The SMILES string of the molecule is CCS(=O)c1ccc(CNC(=O)N2CC3(CCCC3)c3cc(Cl)ncc32)cc1. The van der Waals surface area contributed by atoms with Gasteiger partial charge < -0.3 is 5.32 Å². The van der Waals surface area contributed by atoms with Crippen LogP contribution in [0, 0.1) is 0 Å². The molecule has 1 spiro atoms. The van der Waals surface area contributed by atoms with Gasteiger partial charge in [-0.15, -0.1) is 0 Å². The van der Waals surface area contributed by atoms with E-state index in [1.54, 1.807) is 6.20 Å². The molecule has 1 saturated carbocycles. The van der Waals surface area contributed by atoms with Crippen LogP contribution in [0.15, 0.2) is 41.4 Å². The van der Waals surface area contributed by atoms with Crippen LogP contribution in [0.5, 0.6) is 0 Å². The number of nitrogens with one attached hydrogen (secondary N) is 1. The average Bonchev–Trinajstić information content (AvgIpc) is 3.32. The third-order valence-corrected chi connectivity index (χ3v) is 7.40. The fourth-order valence-electron chi connectivity index (χ4n) is 4.39. The van der Waals surface area contributed by atoms with Crippen LogP contribution in [0.1, 0.15) is 43.7 Å². The number of benzene rings is 1. The first-order valence-electron chi connectivity index (χ1n) is 9.71. The Morgan fingerprint density at radius 2 is 2.00 bits per heavy atom. The molecule has 1 fully saturated rings. The van der Waals surface area contributed by atoms with E-state index in [0.717, 1.165) is 34.6 Å². The first kappa shape index (κ1) is 19.4. The Morgan fingerprint density at radius 3 is 2.68 bits per heavy atom. The Morgan fingerprint density at radius 1 is 1.29 bits per heavy atom. The van der Waals surface area contributed by atoms with E-state index in [0.29, 0.717) is 24.0 Å². The maximum Gasteiger partial charge on any atom is 0.322 e. The van der Waals surface area contributed by atoms with E-state index in [4.69, 9.17) is 11.6 Å². The molecule has 1 atom stereocenters. The molecule has 0 radical (unpaired) electrons. The van der Waals surface area contributed by atoms with Crippen molar-refractivity contribution < 1.29 is 9.00 Å². The van der Waals surface area contributed by atoms with Gasteiger partial charge in [0.1, 0.15) is 5.15 Å². The summed E-state index contributed by atoms with van der Waals surface area (Å²) in [5.41, 5.74) is 3.03. The van der Waals surface area contributed by atoms with Crippen molar-refractivity contribution in [2.45, 2.75) is 49.5 Å². The van der Waals surface area contributed by atoms with E-state index in [1.807, 2.05) is 42.2 Å². The lowest BCUT2D eigenvalue weighted by molar-refractivity contribution is 0.245. The summed E-state index contributed by atoms with van der Waals surface area (Å²) >= 11 is 6.15. The van der Waals surface area contributed by atoms with Gasteiger partial charge in [0.25, 0.3) is 0 Å². The number of nitrogens with zero attached hydrogens (tertiary/aromatic N) is 2. The molecule has 2 aliphatic rings. The van der Waals surface area contributed by atoms with E-state index in [2.05, 4.69) is 10.3 Å². The van der Waals surface area contributed by atoms with Crippen molar-refractivity contribution in [3.05, 3.63) is 52.8 Å². The normalized spacial score (nSPS) is 18.3. The minimum atomic E-state index is -0.959. The zero-order valence-electron chi connectivity index (χ0n) is 15.9. The van der Waals surface area contributed by atoms with Gasteiger partial charge in [0.05, 0.1) is 22.7 Å². The van der Waals surface area contributed by atoms with Crippen LogP contribution in [0.2, 0.25) is 5.15 Å². The fourth-order valence-corrected chi connectivity index (χ4v) is 5.33. The van der Waals surface area contributed by atoms with Gasteiger partial charge in [0.15, 0.2) is 0 Å². The number of rotatable bonds is 4. The van der Waals surface area contributed by atoms with Crippen LogP contribution in [0.3, 0.4) is 0 Å². The molecule has 1 aromatic carbocycles. The molecular weight excluding hydrogens is 394 g/mol. The maximum atomic E-state index is 12.9. The van der Waals surface area contributed by atoms with Gasteiger partial charge in [-0.1, -0.05) is 43.5 Å². The molecule has 1 unspecified atom stereocenters. The standard InChI is InChI=1S/C21H24ClN3O2S/c1-2-28(27)16-7-5-15(6-8-16)12-24-20(26)25-14-21(9-3-4-10-21)17-11-19(22)23-13-18(17)25/h5-8,11,13H,2-4,9-10,12,14H2,1H3,(H,24,26). The summed E-state index contributed by atoms with van der Waals surface area (Å²) in [4.78, 5) is 19.8. The van der Waals surface area contributed by atoms with Crippen LogP contribution in [0.25, 0.3) is 0 Å². The summed E-state index contributed by atoms with van der Waals surface area (Å²) in [6.45, 7) is 3.01. The molecule has 1 aromatic heterocycles. The van der Waals surface area contributed by atoms with E-state index < -0.39 is 10.8 Å². The number of carbonyl (C=O) groups excluding carboxylic acids is 1. The third kappa shape index (κ3) is 3.55. The number of halogens is 1. The van der Waals surface area contributed by atoms with Gasteiger partial charge in [-0.3, -0.25) is 9.11 Å². The summed E-state index contributed by atoms with van der Waals surface area (Å²) in [5.74, 6) is 0.601. The molecular formula is C21H24ClN3O2S. The summed E-state index contributed by atoms with van der Waals surface area (Å²) in [6.07, 6.45) is 6.25. The van der Waals surface area contributed by atoms with Gasteiger partial charge >= 0.3 is 6.03 Å². The second-order valence-electron chi connectivity index (χ2n) is 7.53. The predicted molar refractivity (Wildman–Crippen MR) is 112 cm³/mol. The van der Waals surface area contributed by atoms with Gasteiger partial charge in [-0.25, -0.2) is 9.78 Å². The molecule has 2 amide bonds. The topological polar surface area (TPSA) is 62.3 Å². The fraction of sp³-hybridized carbons (Fsp3) is 0.429. The Kier molecular flexibility index (Phi) is 5.43. The lowest BCUT2D eigenvalue weighted by Crippen LogP contribution is -2.41. The summed E-state index contributed by atoms with van der Waals surface area (Å²) in [7, 11) is -0.959. The van der Waals surface area contributed by atoms with Crippen molar-refractivity contribution in [2.75, 3.05) is 17.2 Å². The van der Waals surface area contributed by atoms with Crippen LogP contribution in [-0.2, 0) is 22.8 Å². The molecule has 0 bridgehead atoms. The highest BCUT2D eigenvalue weighted by Crippen LogP contribution is 2.50. The van der Waals surface area contributed by atoms with Gasteiger partial charge in [-0.2, -0.15) is 0 Å². The van der Waals surface area contributed by atoms with E-state index >= 15 is 0 Å². The molecule has 0 saturated heterocycles. The van der Waals surface area contributed by atoms with E-state index in [9.17, 15) is 9.00 Å². The maximum absolute atomic E-state index is 12.9. The summed E-state index contributed by atoms with van der Waals surface area (Å²) in [5, 5.41) is 3.50. The van der Waals surface area contributed by atoms with Gasteiger partial charge in [0.2, 0.25) is 0 Å². The molecule has 4 rings (SSSR count). The third-order valence-electron chi connectivity index (χ3n) is 5.87. The Hall–Kier alpha value is -1.92. The zero-order valence-corrected chi connectivity index (χ0v) is 17.5. The molecule has 1 aliphatic carbocycles. The lowest BCUT2D eigenvalue weighted by atomic mass is 9.81. The van der Waals surface area contributed by atoms with Crippen molar-refractivity contribution in [3.8, 4) is 0 Å². The molecule has 2 aromatic rings. The largest absolute Gasteiger partial charge is 0.334 e. The number of fused-ring (bicyclic) bond motifs is 2. The number of carbonyl (C=O) groups is 1. The summed E-state index contributed by atoms with van der Waals surface area (Å²) in [6, 6.07) is 9.39. The first-order valence-corrected chi connectivity index (χ1v) is 11.4. The highest BCUT2D eigenvalue weighted by atomic mass is 35.5. The lowest BCUT2D eigenvalue weighted by Gasteiger charge is -2.24. The van der Waals surface area contributed by atoms with E-state index in [-0.39, 0.29) is 11.4 Å². The van der Waals surface area contributed by atoms with Crippen LogP contribution in [0.4, 0.5) is 10.5 Å². The number of hydrogen-bond acceptors (Lipinski definition) is 3. The van der Waals surface area contributed by atoms with Gasteiger partial charge in [-0.05, 0) is 42.2 Å². The number of amides is 2. The van der Waals surface area contributed by atoms with Crippen molar-refractivity contribution in [2.24, 2.45) is 0 Å². The Labute approximate surface area is 172 Å². The van der Waals surface area contributed by atoms with Crippen molar-refractivity contribution in [3.63, 3.8) is 0 Å². The smallest absolute Gasteiger partial charge is 0.322 e. The van der Waals surface area contributed by atoms with Crippen molar-refractivity contribution >= 4 is 34.1 Å². The molecule has 1 aliphatic heterocycles. The zero-order chi connectivity index (χ0) is 19.7. The second kappa shape index (κ2) is 7.84.